The predicted molar refractivity (Wildman–Crippen MR) is 137 cm³/mol. The summed E-state index contributed by atoms with van der Waals surface area (Å²) in [6.45, 7) is 4.78. The Labute approximate surface area is 216 Å². The van der Waals surface area contributed by atoms with Crippen molar-refractivity contribution in [3.05, 3.63) is 71.3 Å². The maximum Gasteiger partial charge on any atom is 0.257 e. The summed E-state index contributed by atoms with van der Waals surface area (Å²) in [4.78, 5) is 33.1. The van der Waals surface area contributed by atoms with E-state index in [-0.39, 0.29) is 23.7 Å². The van der Waals surface area contributed by atoms with E-state index in [0.717, 1.165) is 36.8 Å². The lowest BCUT2D eigenvalue weighted by atomic mass is 9.67. The van der Waals surface area contributed by atoms with Crippen molar-refractivity contribution in [1.82, 2.24) is 20.4 Å². The summed E-state index contributed by atoms with van der Waals surface area (Å²) in [6, 6.07) is 13.3. The Hall–Kier alpha value is -3.55. The molecule has 0 radical (unpaired) electrons. The number of hydrogen-bond donors (Lipinski definition) is 1. The molecule has 3 aromatic rings. The molecule has 2 aromatic carbocycles. The van der Waals surface area contributed by atoms with Gasteiger partial charge >= 0.3 is 0 Å². The molecule has 8 heteroatoms. The minimum Gasteiger partial charge on any atom is -0.349 e. The van der Waals surface area contributed by atoms with Crippen molar-refractivity contribution in [2.75, 3.05) is 13.1 Å². The molecule has 1 aliphatic heterocycles. The van der Waals surface area contributed by atoms with E-state index in [4.69, 9.17) is 4.52 Å². The van der Waals surface area contributed by atoms with Crippen molar-refractivity contribution in [3.63, 3.8) is 0 Å². The third-order valence-electron chi connectivity index (χ3n) is 8.16. The van der Waals surface area contributed by atoms with E-state index in [2.05, 4.69) is 15.5 Å². The summed E-state index contributed by atoms with van der Waals surface area (Å²) in [5.74, 6) is 1.04. The van der Waals surface area contributed by atoms with Crippen LogP contribution in [-0.2, 0) is 4.79 Å². The molecule has 194 valence electrons. The molecule has 1 saturated heterocycles. The molecule has 1 aromatic heterocycles. The fourth-order valence-electron chi connectivity index (χ4n) is 5.94. The van der Waals surface area contributed by atoms with Gasteiger partial charge in [0.25, 0.3) is 11.8 Å². The van der Waals surface area contributed by atoms with Gasteiger partial charge in [-0.3, -0.25) is 9.59 Å². The third-order valence-corrected chi connectivity index (χ3v) is 8.16. The molecule has 1 N–H and O–H groups in total. The second-order valence-electron chi connectivity index (χ2n) is 10.4. The Kier molecular flexibility index (Phi) is 7.09. The normalized spacial score (nSPS) is 18.5. The molecule has 5 rings (SSSR count). The maximum atomic E-state index is 13.8. The molecule has 7 nitrogen and oxygen atoms in total. The van der Waals surface area contributed by atoms with Gasteiger partial charge in [-0.05, 0) is 87.4 Å². The van der Waals surface area contributed by atoms with Crippen LogP contribution in [0.4, 0.5) is 4.39 Å². The van der Waals surface area contributed by atoms with Gasteiger partial charge in [0, 0.05) is 24.2 Å². The van der Waals surface area contributed by atoms with Crippen LogP contribution in [0.3, 0.4) is 0 Å². The Morgan fingerprint density at radius 2 is 1.70 bits per heavy atom. The number of aryl methyl sites for hydroxylation is 1. The van der Waals surface area contributed by atoms with Gasteiger partial charge in [-0.25, -0.2) is 4.39 Å². The average molecular weight is 505 g/mol. The Balaban J connectivity index is 1.27. The highest BCUT2D eigenvalue weighted by molar-refractivity contribution is 5.95. The third kappa shape index (κ3) is 5.15. The summed E-state index contributed by atoms with van der Waals surface area (Å²) in [6.07, 6.45) is 5.66. The first kappa shape index (κ1) is 25.1. The number of likely N-dealkylation sites (tertiary alicyclic amines) is 1. The van der Waals surface area contributed by atoms with Gasteiger partial charge in [-0.2, -0.15) is 4.98 Å². The molecule has 1 aliphatic carbocycles. The number of amides is 2. The standard InChI is InChI=1S/C29H33FN4O3/c1-19(21-11-13-25(30)14-12-21)31-28(36)29(24-5-3-4-6-24)15-17-34(18-16-29)27(35)23-9-7-22(8-10-23)26-32-20(2)33-37-26/h7-14,19,24H,3-6,15-18H2,1-2H3,(H,31,36)/t19-/m0/s1. The van der Waals surface area contributed by atoms with E-state index in [1.165, 1.54) is 12.1 Å². The van der Waals surface area contributed by atoms with Gasteiger partial charge in [0.15, 0.2) is 5.82 Å². The summed E-state index contributed by atoms with van der Waals surface area (Å²) in [5, 5.41) is 7.03. The molecule has 0 unspecified atom stereocenters. The fraction of sp³-hybridized carbons (Fsp3) is 0.448. The quantitative estimate of drug-likeness (QED) is 0.481. The van der Waals surface area contributed by atoms with Gasteiger partial charge in [-0.1, -0.05) is 30.1 Å². The van der Waals surface area contributed by atoms with Gasteiger partial charge in [-0.15, -0.1) is 0 Å². The molecule has 37 heavy (non-hydrogen) atoms. The molecule has 0 bridgehead atoms. The molecular weight excluding hydrogens is 471 g/mol. The van der Waals surface area contributed by atoms with Crippen molar-refractivity contribution in [1.29, 1.82) is 0 Å². The van der Waals surface area contributed by atoms with E-state index < -0.39 is 5.41 Å². The number of halogens is 1. The average Bonchev–Trinajstić information content (AvgIpc) is 3.61. The van der Waals surface area contributed by atoms with Crippen molar-refractivity contribution in [2.45, 2.75) is 58.4 Å². The molecule has 2 heterocycles. The second kappa shape index (κ2) is 10.4. The predicted octanol–water partition coefficient (Wildman–Crippen LogP) is 5.47. The van der Waals surface area contributed by atoms with E-state index >= 15 is 0 Å². The number of aromatic nitrogens is 2. The number of carbonyl (C=O) groups is 2. The summed E-state index contributed by atoms with van der Waals surface area (Å²) >= 11 is 0. The van der Waals surface area contributed by atoms with Crippen molar-refractivity contribution >= 4 is 11.8 Å². The van der Waals surface area contributed by atoms with Gasteiger partial charge in [0.05, 0.1) is 11.5 Å². The fourth-order valence-corrected chi connectivity index (χ4v) is 5.94. The van der Waals surface area contributed by atoms with Gasteiger partial charge in [0.2, 0.25) is 5.91 Å². The lowest BCUT2D eigenvalue weighted by Crippen LogP contribution is -2.53. The maximum absolute atomic E-state index is 13.8. The highest BCUT2D eigenvalue weighted by Crippen LogP contribution is 2.47. The Bertz CT molecular complexity index is 1240. The number of piperidine rings is 1. The SMILES string of the molecule is Cc1noc(-c2ccc(C(=O)N3CCC(C(=O)N[C@@H](C)c4ccc(F)cc4)(C4CCCC4)CC3)cc2)n1. The lowest BCUT2D eigenvalue weighted by Gasteiger charge is -2.45. The number of nitrogens with one attached hydrogen (secondary N) is 1. The van der Waals surface area contributed by atoms with Crippen LogP contribution >= 0.6 is 0 Å². The van der Waals surface area contributed by atoms with Crippen LogP contribution in [0.1, 0.15) is 73.2 Å². The molecule has 2 amide bonds. The van der Waals surface area contributed by atoms with Gasteiger partial charge < -0.3 is 14.7 Å². The molecule has 1 saturated carbocycles. The van der Waals surface area contributed by atoms with E-state index in [9.17, 15) is 14.0 Å². The minimum absolute atomic E-state index is 0.0339. The van der Waals surface area contributed by atoms with Crippen LogP contribution in [0, 0.1) is 24.1 Å². The van der Waals surface area contributed by atoms with Crippen LogP contribution in [0.25, 0.3) is 11.5 Å². The highest BCUT2D eigenvalue weighted by Gasteiger charge is 2.48. The minimum atomic E-state index is -0.485. The van der Waals surface area contributed by atoms with Crippen molar-refractivity contribution in [2.24, 2.45) is 11.3 Å². The number of nitrogens with zero attached hydrogens (tertiary/aromatic N) is 3. The second-order valence-corrected chi connectivity index (χ2v) is 10.4. The zero-order valence-corrected chi connectivity index (χ0v) is 21.4. The number of benzene rings is 2. The lowest BCUT2D eigenvalue weighted by molar-refractivity contribution is -0.138. The number of rotatable bonds is 6. The molecule has 0 spiro atoms. The first-order valence-corrected chi connectivity index (χ1v) is 13.1. The van der Waals surface area contributed by atoms with Crippen LogP contribution in [0.2, 0.25) is 0 Å². The molecule has 1 atom stereocenters. The van der Waals surface area contributed by atoms with E-state index in [0.29, 0.717) is 49.1 Å². The van der Waals surface area contributed by atoms with Crippen LogP contribution < -0.4 is 5.32 Å². The van der Waals surface area contributed by atoms with Crippen LogP contribution in [0.15, 0.2) is 53.1 Å². The first-order valence-electron chi connectivity index (χ1n) is 13.1. The monoisotopic (exact) mass is 504 g/mol. The zero-order valence-electron chi connectivity index (χ0n) is 21.4. The van der Waals surface area contributed by atoms with Crippen LogP contribution in [0.5, 0.6) is 0 Å². The molecule has 2 aliphatic rings. The molecule has 2 fully saturated rings. The molecular formula is C29H33FN4O3. The van der Waals surface area contributed by atoms with E-state index in [1.807, 2.05) is 24.0 Å². The van der Waals surface area contributed by atoms with E-state index in [1.54, 1.807) is 31.2 Å². The van der Waals surface area contributed by atoms with Gasteiger partial charge in [0.1, 0.15) is 5.82 Å². The smallest absolute Gasteiger partial charge is 0.257 e. The van der Waals surface area contributed by atoms with Crippen molar-refractivity contribution in [3.8, 4) is 11.5 Å². The largest absolute Gasteiger partial charge is 0.349 e. The summed E-state index contributed by atoms with van der Waals surface area (Å²) in [7, 11) is 0. The van der Waals surface area contributed by atoms with Crippen LogP contribution in [-0.4, -0.2) is 39.9 Å². The van der Waals surface area contributed by atoms with Crippen molar-refractivity contribution < 1.29 is 18.5 Å². The highest BCUT2D eigenvalue weighted by atomic mass is 19.1. The number of carbonyl (C=O) groups excluding carboxylic acids is 2. The summed E-state index contributed by atoms with van der Waals surface area (Å²) < 4.78 is 18.6. The topological polar surface area (TPSA) is 88.3 Å². The Morgan fingerprint density at radius 3 is 2.30 bits per heavy atom. The Morgan fingerprint density at radius 1 is 1.05 bits per heavy atom. The zero-order chi connectivity index (χ0) is 26.0. The summed E-state index contributed by atoms with van der Waals surface area (Å²) in [5.41, 5.74) is 1.76. The number of hydrogen-bond acceptors (Lipinski definition) is 5. The first-order chi connectivity index (χ1) is 17.9.